The van der Waals surface area contributed by atoms with Gasteiger partial charge in [-0.3, -0.25) is 0 Å². The molecular formula is C11H21N5. The molecule has 0 fully saturated rings. The van der Waals surface area contributed by atoms with Gasteiger partial charge in [-0.2, -0.15) is 0 Å². The van der Waals surface area contributed by atoms with E-state index in [1.54, 1.807) is 0 Å². The minimum atomic E-state index is -0.0599. The van der Waals surface area contributed by atoms with Crippen molar-refractivity contribution < 1.29 is 0 Å². The Kier molecular flexibility index (Phi) is 3.70. The lowest BCUT2D eigenvalue weighted by molar-refractivity contribution is 0.487. The van der Waals surface area contributed by atoms with Crippen LogP contribution in [0, 0.1) is 0 Å². The molecule has 0 aromatic carbocycles. The van der Waals surface area contributed by atoms with E-state index in [0.717, 1.165) is 17.5 Å². The number of nitrogens with one attached hydrogen (secondary N) is 2. The summed E-state index contributed by atoms with van der Waals surface area (Å²) in [5.41, 5.74) is 3.07. The van der Waals surface area contributed by atoms with Crippen LogP contribution < -0.4 is 10.7 Å². The average Bonchev–Trinajstić information content (AvgIpc) is 2.14. The van der Waals surface area contributed by atoms with Crippen molar-refractivity contribution in [3.63, 3.8) is 0 Å². The van der Waals surface area contributed by atoms with Crippen molar-refractivity contribution in [3.8, 4) is 0 Å². The van der Waals surface area contributed by atoms with Gasteiger partial charge in [-0.1, -0.05) is 20.8 Å². The van der Waals surface area contributed by atoms with Crippen molar-refractivity contribution in [3.05, 3.63) is 11.9 Å². The van der Waals surface area contributed by atoms with Gasteiger partial charge in [-0.15, -0.1) is 0 Å². The molecular weight excluding hydrogens is 202 g/mol. The number of anilines is 2. The van der Waals surface area contributed by atoms with Crippen LogP contribution >= 0.6 is 0 Å². The molecule has 2 N–H and O–H groups in total. The zero-order valence-corrected chi connectivity index (χ0v) is 10.9. The highest BCUT2D eigenvalue weighted by Gasteiger charge is 2.19. The van der Waals surface area contributed by atoms with Gasteiger partial charge >= 0.3 is 0 Å². The van der Waals surface area contributed by atoms with E-state index in [2.05, 4.69) is 41.5 Å². The van der Waals surface area contributed by atoms with E-state index in [9.17, 15) is 0 Å². The molecule has 0 bridgehead atoms. The van der Waals surface area contributed by atoms with Gasteiger partial charge in [0.2, 0.25) is 0 Å². The fraction of sp³-hybridized carbons (Fsp3) is 0.636. The van der Waals surface area contributed by atoms with Crippen LogP contribution in [0.5, 0.6) is 0 Å². The molecule has 0 saturated heterocycles. The largest absolute Gasteiger partial charge is 0.373 e. The minimum absolute atomic E-state index is 0.0599. The summed E-state index contributed by atoms with van der Waals surface area (Å²) in [6.45, 7) is 6.30. The van der Waals surface area contributed by atoms with Crippen LogP contribution in [0.2, 0.25) is 0 Å². The van der Waals surface area contributed by atoms with Crippen LogP contribution in [0.4, 0.5) is 11.6 Å². The first-order chi connectivity index (χ1) is 7.32. The molecule has 0 aliphatic rings. The quantitative estimate of drug-likeness (QED) is 0.764. The predicted octanol–water partition coefficient (Wildman–Crippen LogP) is 1.70. The summed E-state index contributed by atoms with van der Waals surface area (Å²) in [5.74, 6) is 2.45. The summed E-state index contributed by atoms with van der Waals surface area (Å²) < 4.78 is 0. The van der Waals surface area contributed by atoms with Crippen LogP contribution in [0.3, 0.4) is 0 Å². The molecule has 0 aliphatic carbocycles. The summed E-state index contributed by atoms with van der Waals surface area (Å²) in [6.07, 6.45) is 0. The van der Waals surface area contributed by atoms with Gasteiger partial charge in [0, 0.05) is 32.6 Å². The van der Waals surface area contributed by atoms with E-state index in [1.165, 1.54) is 0 Å². The predicted molar refractivity (Wildman–Crippen MR) is 67.6 cm³/mol. The van der Waals surface area contributed by atoms with E-state index in [-0.39, 0.29) is 5.41 Å². The molecule has 1 aromatic heterocycles. The molecule has 0 saturated carbocycles. The Labute approximate surface area is 97.3 Å². The summed E-state index contributed by atoms with van der Waals surface area (Å²) in [6, 6.07) is 1.88. The first kappa shape index (κ1) is 12.7. The van der Waals surface area contributed by atoms with Gasteiger partial charge in [0.05, 0.1) is 0 Å². The fourth-order valence-corrected chi connectivity index (χ4v) is 1.20. The second-order valence-electron chi connectivity index (χ2n) is 4.97. The molecule has 90 valence electrons. The lowest BCUT2D eigenvalue weighted by Crippen LogP contribution is -2.23. The van der Waals surface area contributed by atoms with Crippen LogP contribution in [0.1, 0.15) is 26.6 Å². The van der Waals surface area contributed by atoms with Gasteiger partial charge in [0.25, 0.3) is 0 Å². The Morgan fingerprint density at radius 3 is 2.12 bits per heavy atom. The Morgan fingerprint density at radius 2 is 1.69 bits per heavy atom. The molecule has 0 amide bonds. The van der Waals surface area contributed by atoms with Crippen molar-refractivity contribution in [2.24, 2.45) is 0 Å². The molecule has 0 radical (unpaired) electrons. The van der Waals surface area contributed by atoms with Crippen molar-refractivity contribution in [1.29, 1.82) is 0 Å². The number of hydrogen-bond donors (Lipinski definition) is 2. The number of aromatic nitrogens is 2. The smallest absolute Gasteiger partial charge is 0.146 e. The Morgan fingerprint density at radius 1 is 1.12 bits per heavy atom. The molecule has 1 heterocycles. The zero-order chi connectivity index (χ0) is 12.3. The van der Waals surface area contributed by atoms with Gasteiger partial charge in [0.15, 0.2) is 0 Å². The molecule has 0 spiro atoms. The number of rotatable bonds is 3. The minimum Gasteiger partial charge on any atom is -0.373 e. The first-order valence-electron chi connectivity index (χ1n) is 5.34. The van der Waals surface area contributed by atoms with Crippen molar-refractivity contribution in [1.82, 2.24) is 15.0 Å². The molecule has 1 rings (SSSR count). The molecule has 1 aromatic rings. The normalized spacial score (nSPS) is 11.7. The maximum Gasteiger partial charge on any atom is 0.146 e. The van der Waals surface area contributed by atoms with E-state index in [0.29, 0.717) is 0 Å². The van der Waals surface area contributed by atoms with Crippen molar-refractivity contribution in [2.75, 3.05) is 31.9 Å². The molecule has 16 heavy (non-hydrogen) atoms. The number of nitrogens with zero attached hydrogens (tertiary/aromatic N) is 3. The number of hydrazine groups is 1. The zero-order valence-electron chi connectivity index (χ0n) is 10.9. The Balaban J connectivity index is 3.11. The third kappa shape index (κ3) is 3.34. The SMILES string of the molecule is CNc1cc(NN(C)C)nc(C(C)(C)C)n1. The third-order valence-corrected chi connectivity index (χ3v) is 1.99. The lowest BCUT2D eigenvalue weighted by atomic mass is 9.96. The first-order valence-corrected chi connectivity index (χ1v) is 5.34. The molecule has 5 nitrogen and oxygen atoms in total. The van der Waals surface area contributed by atoms with E-state index in [4.69, 9.17) is 0 Å². The van der Waals surface area contributed by atoms with Gasteiger partial charge in [-0.25, -0.2) is 15.0 Å². The summed E-state index contributed by atoms with van der Waals surface area (Å²) in [7, 11) is 5.71. The summed E-state index contributed by atoms with van der Waals surface area (Å²) >= 11 is 0. The van der Waals surface area contributed by atoms with E-state index < -0.39 is 0 Å². The molecule has 0 aliphatic heterocycles. The highest BCUT2D eigenvalue weighted by atomic mass is 15.5. The topological polar surface area (TPSA) is 53.1 Å². The molecule has 0 atom stereocenters. The monoisotopic (exact) mass is 223 g/mol. The van der Waals surface area contributed by atoms with Gasteiger partial charge in [0.1, 0.15) is 17.5 Å². The van der Waals surface area contributed by atoms with Crippen LogP contribution in [-0.4, -0.2) is 36.1 Å². The maximum atomic E-state index is 4.49. The number of hydrogen-bond acceptors (Lipinski definition) is 5. The summed E-state index contributed by atoms with van der Waals surface area (Å²) in [5, 5.41) is 4.90. The second kappa shape index (κ2) is 4.65. The van der Waals surface area contributed by atoms with Gasteiger partial charge in [-0.05, 0) is 0 Å². The standard InChI is InChI=1S/C11H21N5/c1-11(2,3)10-13-8(12-4)7-9(14-10)15-16(5)6/h7H,1-6H3,(H2,12,13,14,15). The average molecular weight is 223 g/mol. The van der Waals surface area contributed by atoms with E-state index >= 15 is 0 Å². The highest BCUT2D eigenvalue weighted by Crippen LogP contribution is 2.22. The van der Waals surface area contributed by atoms with Crippen LogP contribution in [0.15, 0.2) is 6.07 Å². The molecule has 5 heteroatoms. The van der Waals surface area contributed by atoms with Crippen LogP contribution in [0.25, 0.3) is 0 Å². The van der Waals surface area contributed by atoms with E-state index in [1.807, 2.05) is 32.2 Å². The maximum absolute atomic E-state index is 4.49. The lowest BCUT2D eigenvalue weighted by Gasteiger charge is -2.20. The Bertz CT molecular complexity index is 354. The van der Waals surface area contributed by atoms with Gasteiger partial charge < -0.3 is 10.7 Å². The second-order valence-corrected chi connectivity index (χ2v) is 4.97. The Hall–Kier alpha value is -1.36. The van der Waals surface area contributed by atoms with Crippen molar-refractivity contribution in [2.45, 2.75) is 26.2 Å². The fourth-order valence-electron chi connectivity index (χ4n) is 1.20. The van der Waals surface area contributed by atoms with Crippen LogP contribution in [-0.2, 0) is 5.41 Å². The third-order valence-electron chi connectivity index (χ3n) is 1.99. The highest BCUT2D eigenvalue weighted by molar-refractivity contribution is 5.47. The summed E-state index contributed by atoms with van der Waals surface area (Å²) in [4.78, 5) is 8.94. The molecule has 0 unspecified atom stereocenters. The van der Waals surface area contributed by atoms with Crippen molar-refractivity contribution >= 4 is 11.6 Å².